The molecule has 0 unspecified atom stereocenters. The molecule has 8 nitrogen and oxygen atoms in total. The minimum Gasteiger partial charge on any atom is -0.485 e. The van der Waals surface area contributed by atoms with Crippen molar-refractivity contribution in [1.29, 1.82) is 0 Å². The normalized spacial score (nSPS) is 14.3. The molecule has 0 saturated carbocycles. The molecule has 1 saturated heterocycles. The van der Waals surface area contributed by atoms with E-state index in [-0.39, 0.29) is 18.4 Å². The summed E-state index contributed by atoms with van der Waals surface area (Å²) in [6.45, 7) is 7.86. The number of aromatic nitrogens is 2. The van der Waals surface area contributed by atoms with Crippen molar-refractivity contribution in [1.82, 2.24) is 19.9 Å². The molecule has 1 aromatic heterocycles. The Bertz CT molecular complexity index is 1100. The van der Waals surface area contributed by atoms with Gasteiger partial charge in [-0.05, 0) is 43.7 Å². The molecule has 1 aliphatic heterocycles. The van der Waals surface area contributed by atoms with Gasteiger partial charge in [0.05, 0.1) is 5.41 Å². The van der Waals surface area contributed by atoms with Crippen molar-refractivity contribution in [3.8, 4) is 5.75 Å². The first kappa shape index (κ1) is 22.5. The monoisotopic (exact) mass is 448 g/mol. The molecule has 2 heterocycles. The van der Waals surface area contributed by atoms with Crippen LogP contribution >= 0.6 is 0 Å². The Morgan fingerprint density at radius 2 is 1.61 bits per heavy atom. The fourth-order valence-electron chi connectivity index (χ4n) is 3.91. The van der Waals surface area contributed by atoms with Gasteiger partial charge in [0, 0.05) is 38.7 Å². The van der Waals surface area contributed by atoms with Crippen molar-refractivity contribution in [2.24, 2.45) is 0 Å². The summed E-state index contributed by atoms with van der Waals surface area (Å²) < 4.78 is 10.6. The summed E-state index contributed by atoms with van der Waals surface area (Å²) in [5.41, 5.74) is 0.969. The average molecular weight is 449 g/mol. The number of amides is 2. The van der Waals surface area contributed by atoms with Gasteiger partial charge in [0.15, 0.2) is 6.61 Å². The Balaban J connectivity index is 1.31. The molecule has 0 bridgehead atoms. The Morgan fingerprint density at radius 3 is 2.21 bits per heavy atom. The summed E-state index contributed by atoms with van der Waals surface area (Å²) in [6, 6.07) is 16.8. The number of piperazine rings is 1. The van der Waals surface area contributed by atoms with Crippen LogP contribution in [0.25, 0.3) is 0 Å². The van der Waals surface area contributed by atoms with E-state index in [1.807, 2.05) is 49.1 Å². The number of ether oxygens (including phenoxy) is 1. The van der Waals surface area contributed by atoms with Crippen molar-refractivity contribution in [2.45, 2.75) is 32.8 Å². The van der Waals surface area contributed by atoms with Crippen LogP contribution in [0.2, 0.25) is 0 Å². The maximum atomic E-state index is 13.2. The van der Waals surface area contributed by atoms with Crippen molar-refractivity contribution in [3.05, 3.63) is 77.4 Å². The van der Waals surface area contributed by atoms with E-state index >= 15 is 0 Å². The second-order valence-electron chi connectivity index (χ2n) is 8.62. The third kappa shape index (κ3) is 5.05. The second-order valence-corrected chi connectivity index (χ2v) is 8.62. The van der Waals surface area contributed by atoms with Crippen LogP contribution in [0.15, 0.2) is 59.1 Å². The van der Waals surface area contributed by atoms with Gasteiger partial charge in [0.1, 0.15) is 5.75 Å². The standard InChI is InChI=1S/C25H28N4O4/c1-18-26-22(27-33-18)17-32-21-11-9-19(10-12-21)23(30)28-13-15-29(16-14-28)24(31)25(2,3)20-7-5-4-6-8-20/h4-12H,13-17H2,1-3H3. The zero-order valence-electron chi connectivity index (χ0n) is 19.2. The SMILES string of the molecule is Cc1nc(COc2ccc(C(=O)N3CCN(C(=O)C(C)(C)c4ccccc4)CC3)cc2)no1. The summed E-state index contributed by atoms with van der Waals surface area (Å²) >= 11 is 0. The largest absolute Gasteiger partial charge is 0.485 e. The van der Waals surface area contributed by atoms with Gasteiger partial charge in [-0.3, -0.25) is 9.59 Å². The highest BCUT2D eigenvalue weighted by Gasteiger charge is 2.35. The molecule has 0 atom stereocenters. The first-order chi connectivity index (χ1) is 15.8. The van der Waals surface area contributed by atoms with Crippen molar-refractivity contribution in [2.75, 3.05) is 26.2 Å². The lowest BCUT2D eigenvalue weighted by Crippen LogP contribution is -2.54. The molecule has 0 aliphatic carbocycles. The third-order valence-electron chi connectivity index (χ3n) is 5.92. The van der Waals surface area contributed by atoms with E-state index in [1.165, 1.54) is 0 Å². The van der Waals surface area contributed by atoms with E-state index in [0.717, 1.165) is 5.56 Å². The quantitative estimate of drug-likeness (QED) is 0.575. The number of benzene rings is 2. The molecule has 4 rings (SSSR count). The molecule has 0 spiro atoms. The van der Waals surface area contributed by atoms with E-state index in [0.29, 0.717) is 49.2 Å². The van der Waals surface area contributed by atoms with E-state index in [9.17, 15) is 9.59 Å². The summed E-state index contributed by atoms with van der Waals surface area (Å²) in [7, 11) is 0. The van der Waals surface area contributed by atoms with Crippen LogP contribution in [-0.4, -0.2) is 57.9 Å². The molecule has 2 aromatic carbocycles. The molecule has 0 radical (unpaired) electrons. The highest BCUT2D eigenvalue weighted by atomic mass is 16.5. The van der Waals surface area contributed by atoms with Gasteiger partial charge >= 0.3 is 0 Å². The lowest BCUT2D eigenvalue weighted by molar-refractivity contribution is -0.137. The molecule has 0 N–H and O–H groups in total. The van der Waals surface area contributed by atoms with E-state index < -0.39 is 5.41 Å². The Morgan fingerprint density at radius 1 is 0.970 bits per heavy atom. The average Bonchev–Trinajstić information content (AvgIpc) is 3.28. The number of nitrogens with zero attached hydrogens (tertiary/aromatic N) is 4. The molecule has 8 heteroatoms. The van der Waals surface area contributed by atoms with Crippen LogP contribution in [0.4, 0.5) is 0 Å². The maximum Gasteiger partial charge on any atom is 0.253 e. The lowest BCUT2D eigenvalue weighted by Gasteiger charge is -2.38. The lowest BCUT2D eigenvalue weighted by atomic mass is 9.83. The second kappa shape index (κ2) is 9.44. The van der Waals surface area contributed by atoms with E-state index in [2.05, 4.69) is 10.1 Å². The number of carbonyl (C=O) groups is 2. The van der Waals surface area contributed by atoms with Crippen molar-refractivity contribution >= 4 is 11.8 Å². The molecule has 33 heavy (non-hydrogen) atoms. The Labute approximate surface area is 193 Å². The number of aryl methyl sites for hydroxylation is 1. The first-order valence-electron chi connectivity index (χ1n) is 11.0. The zero-order valence-corrected chi connectivity index (χ0v) is 19.2. The fourth-order valence-corrected chi connectivity index (χ4v) is 3.91. The molecular weight excluding hydrogens is 420 g/mol. The minimum absolute atomic E-state index is 0.0511. The summed E-state index contributed by atoms with van der Waals surface area (Å²) in [5, 5.41) is 3.79. The van der Waals surface area contributed by atoms with E-state index in [1.54, 1.807) is 36.1 Å². The zero-order chi connectivity index (χ0) is 23.4. The summed E-state index contributed by atoms with van der Waals surface area (Å²) in [5.74, 6) is 1.60. The number of hydrogen-bond donors (Lipinski definition) is 0. The number of hydrogen-bond acceptors (Lipinski definition) is 6. The van der Waals surface area contributed by atoms with Crippen molar-refractivity contribution < 1.29 is 18.8 Å². The smallest absolute Gasteiger partial charge is 0.253 e. The van der Waals surface area contributed by atoms with E-state index in [4.69, 9.17) is 9.26 Å². The topological polar surface area (TPSA) is 88.8 Å². The van der Waals surface area contributed by atoms with Gasteiger partial charge < -0.3 is 19.1 Å². The highest BCUT2D eigenvalue weighted by Crippen LogP contribution is 2.26. The van der Waals surface area contributed by atoms with Crippen LogP contribution in [0.5, 0.6) is 5.75 Å². The van der Waals surface area contributed by atoms with Gasteiger partial charge in [-0.15, -0.1) is 0 Å². The Hall–Kier alpha value is -3.68. The predicted molar refractivity (Wildman–Crippen MR) is 122 cm³/mol. The summed E-state index contributed by atoms with van der Waals surface area (Å²) in [6.07, 6.45) is 0. The minimum atomic E-state index is -0.608. The first-order valence-corrected chi connectivity index (χ1v) is 11.0. The molecular formula is C25H28N4O4. The predicted octanol–water partition coefficient (Wildman–Crippen LogP) is 3.22. The van der Waals surface area contributed by atoms with Crippen LogP contribution in [0.3, 0.4) is 0 Å². The van der Waals surface area contributed by atoms with Crippen molar-refractivity contribution in [3.63, 3.8) is 0 Å². The fraction of sp³-hybridized carbons (Fsp3) is 0.360. The van der Waals surface area contributed by atoms with Crippen LogP contribution in [-0.2, 0) is 16.8 Å². The molecule has 3 aromatic rings. The van der Waals surface area contributed by atoms with Gasteiger partial charge in [-0.1, -0.05) is 35.5 Å². The summed E-state index contributed by atoms with van der Waals surface area (Å²) in [4.78, 5) is 33.8. The van der Waals surface area contributed by atoms with Gasteiger partial charge in [0.2, 0.25) is 17.6 Å². The molecule has 1 fully saturated rings. The third-order valence-corrected chi connectivity index (χ3v) is 5.92. The maximum absolute atomic E-state index is 13.2. The van der Waals surface area contributed by atoms with Crippen LogP contribution in [0.1, 0.15) is 41.5 Å². The van der Waals surface area contributed by atoms with Crippen LogP contribution < -0.4 is 4.74 Å². The number of rotatable bonds is 6. The van der Waals surface area contributed by atoms with Crippen LogP contribution in [0, 0.1) is 6.92 Å². The number of carbonyl (C=O) groups excluding carboxylic acids is 2. The van der Waals surface area contributed by atoms with Gasteiger partial charge in [0.25, 0.3) is 5.91 Å². The van der Waals surface area contributed by atoms with Gasteiger partial charge in [-0.2, -0.15) is 4.98 Å². The highest BCUT2D eigenvalue weighted by molar-refractivity contribution is 5.94. The molecule has 1 aliphatic rings. The Kier molecular flexibility index (Phi) is 6.44. The molecule has 2 amide bonds. The van der Waals surface area contributed by atoms with Gasteiger partial charge in [-0.25, -0.2) is 0 Å². The molecule has 172 valence electrons.